The summed E-state index contributed by atoms with van der Waals surface area (Å²) in [6.07, 6.45) is 7.06. The summed E-state index contributed by atoms with van der Waals surface area (Å²) in [6, 6.07) is 11.9. The van der Waals surface area contributed by atoms with Crippen LogP contribution in [0.25, 0.3) is 0 Å². The fourth-order valence-electron chi connectivity index (χ4n) is 3.63. The molecule has 1 aromatic rings. The van der Waals surface area contributed by atoms with Gasteiger partial charge >= 0.3 is 0 Å². The largest absolute Gasteiger partial charge is 0.313 e. The van der Waals surface area contributed by atoms with Crippen LogP contribution in [0.5, 0.6) is 0 Å². The summed E-state index contributed by atoms with van der Waals surface area (Å²) < 4.78 is 0. The number of hydrogen-bond acceptors (Lipinski definition) is 1. The van der Waals surface area contributed by atoms with Crippen LogP contribution in [0, 0.1) is 5.92 Å². The van der Waals surface area contributed by atoms with Crippen molar-refractivity contribution in [2.45, 2.75) is 44.1 Å². The van der Waals surface area contributed by atoms with Crippen molar-refractivity contribution in [3.05, 3.63) is 35.9 Å². The highest BCUT2D eigenvalue weighted by molar-refractivity contribution is 5.22. The molecule has 86 valence electrons. The highest BCUT2D eigenvalue weighted by Crippen LogP contribution is 2.39. The molecule has 1 saturated carbocycles. The maximum atomic E-state index is 3.77. The van der Waals surface area contributed by atoms with Crippen LogP contribution in [0.1, 0.15) is 43.6 Å². The van der Waals surface area contributed by atoms with Crippen molar-refractivity contribution in [3.8, 4) is 0 Å². The molecule has 1 heteroatoms. The van der Waals surface area contributed by atoms with Crippen molar-refractivity contribution in [1.82, 2.24) is 5.32 Å². The molecule has 1 aliphatic carbocycles. The molecule has 3 rings (SSSR count). The SMILES string of the molecule is c1ccc([C@@H]2CCC[C@@H]3CCCN[C@@H]32)cc1. The Bertz CT molecular complexity index is 331. The van der Waals surface area contributed by atoms with E-state index in [9.17, 15) is 0 Å². The Morgan fingerprint density at radius 1 is 0.938 bits per heavy atom. The topological polar surface area (TPSA) is 12.0 Å². The quantitative estimate of drug-likeness (QED) is 0.757. The van der Waals surface area contributed by atoms with E-state index in [1.165, 1.54) is 38.6 Å². The first-order chi connectivity index (χ1) is 7.95. The Kier molecular flexibility index (Phi) is 2.96. The van der Waals surface area contributed by atoms with Crippen molar-refractivity contribution >= 4 is 0 Å². The van der Waals surface area contributed by atoms with Gasteiger partial charge in [0, 0.05) is 6.04 Å². The highest BCUT2D eigenvalue weighted by Gasteiger charge is 2.35. The van der Waals surface area contributed by atoms with E-state index in [-0.39, 0.29) is 0 Å². The van der Waals surface area contributed by atoms with Gasteiger partial charge in [0.15, 0.2) is 0 Å². The van der Waals surface area contributed by atoms with Crippen LogP contribution in [-0.2, 0) is 0 Å². The third-order valence-electron chi connectivity index (χ3n) is 4.39. The Morgan fingerprint density at radius 3 is 2.62 bits per heavy atom. The molecule has 1 N–H and O–H groups in total. The molecule has 1 nitrogen and oxygen atoms in total. The van der Waals surface area contributed by atoms with Crippen LogP contribution in [0.15, 0.2) is 30.3 Å². The average Bonchev–Trinajstić information content (AvgIpc) is 2.39. The number of hydrogen-bond donors (Lipinski definition) is 1. The third kappa shape index (κ3) is 1.89. The van der Waals surface area contributed by atoms with E-state index in [2.05, 4.69) is 35.6 Å². The Hall–Kier alpha value is -0.820. The fraction of sp³-hybridized carbons (Fsp3) is 0.600. The Labute approximate surface area is 98.3 Å². The average molecular weight is 215 g/mol. The summed E-state index contributed by atoms with van der Waals surface area (Å²) in [6.45, 7) is 1.23. The third-order valence-corrected chi connectivity index (χ3v) is 4.39. The molecular formula is C15H21N. The highest BCUT2D eigenvalue weighted by atomic mass is 14.9. The van der Waals surface area contributed by atoms with Crippen LogP contribution in [-0.4, -0.2) is 12.6 Å². The van der Waals surface area contributed by atoms with Gasteiger partial charge in [-0.05, 0) is 49.6 Å². The predicted molar refractivity (Wildman–Crippen MR) is 67.5 cm³/mol. The van der Waals surface area contributed by atoms with Gasteiger partial charge in [0.1, 0.15) is 0 Å². The van der Waals surface area contributed by atoms with Gasteiger partial charge < -0.3 is 5.32 Å². The Balaban J connectivity index is 1.83. The van der Waals surface area contributed by atoms with Crippen molar-refractivity contribution < 1.29 is 0 Å². The van der Waals surface area contributed by atoms with Crippen LogP contribution in [0.2, 0.25) is 0 Å². The van der Waals surface area contributed by atoms with Crippen molar-refractivity contribution in [1.29, 1.82) is 0 Å². The minimum absolute atomic E-state index is 0.755. The van der Waals surface area contributed by atoms with E-state index in [4.69, 9.17) is 0 Å². The summed E-state index contributed by atoms with van der Waals surface area (Å²) in [7, 11) is 0. The molecule has 1 aliphatic heterocycles. The lowest BCUT2D eigenvalue weighted by molar-refractivity contribution is 0.186. The number of benzene rings is 1. The monoisotopic (exact) mass is 215 g/mol. The minimum atomic E-state index is 0.755. The molecule has 1 aromatic carbocycles. The summed E-state index contributed by atoms with van der Waals surface area (Å²) in [5.74, 6) is 1.70. The van der Waals surface area contributed by atoms with Gasteiger partial charge in [-0.2, -0.15) is 0 Å². The molecular weight excluding hydrogens is 194 g/mol. The molecule has 2 aliphatic rings. The zero-order valence-electron chi connectivity index (χ0n) is 9.86. The first-order valence-electron chi connectivity index (χ1n) is 6.73. The second-order valence-electron chi connectivity index (χ2n) is 5.33. The molecule has 16 heavy (non-hydrogen) atoms. The van der Waals surface area contributed by atoms with E-state index >= 15 is 0 Å². The standard InChI is InChI=1S/C15H21N/c1-2-6-12(7-3-1)14-10-4-8-13-9-5-11-16-15(13)14/h1-3,6-7,13-16H,4-5,8-11H2/t13-,14+,15+/m1/s1. The van der Waals surface area contributed by atoms with Gasteiger partial charge in [0.25, 0.3) is 0 Å². The molecule has 0 radical (unpaired) electrons. The molecule has 1 saturated heterocycles. The predicted octanol–water partition coefficient (Wildman–Crippen LogP) is 3.32. The normalized spacial score (nSPS) is 34.4. The zero-order valence-corrected chi connectivity index (χ0v) is 9.86. The van der Waals surface area contributed by atoms with Crippen LogP contribution >= 0.6 is 0 Å². The Morgan fingerprint density at radius 2 is 1.75 bits per heavy atom. The van der Waals surface area contributed by atoms with Crippen molar-refractivity contribution in [3.63, 3.8) is 0 Å². The summed E-state index contributed by atoms with van der Waals surface area (Å²) in [5.41, 5.74) is 1.55. The first kappa shape index (κ1) is 10.3. The lowest BCUT2D eigenvalue weighted by Crippen LogP contribution is -2.47. The maximum Gasteiger partial charge on any atom is 0.0164 e. The van der Waals surface area contributed by atoms with Crippen LogP contribution < -0.4 is 5.32 Å². The number of nitrogens with one attached hydrogen (secondary N) is 1. The van der Waals surface area contributed by atoms with E-state index in [0.29, 0.717) is 0 Å². The van der Waals surface area contributed by atoms with E-state index < -0.39 is 0 Å². The minimum Gasteiger partial charge on any atom is -0.313 e. The first-order valence-corrected chi connectivity index (χ1v) is 6.73. The fourth-order valence-corrected chi connectivity index (χ4v) is 3.63. The molecule has 1 heterocycles. The van der Waals surface area contributed by atoms with Crippen molar-refractivity contribution in [2.24, 2.45) is 5.92 Å². The number of fused-ring (bicyclic) bond motifs is 1. The van der Waals surface area contributed by atoms with Gasteiger partial charge in [-0.3, -0.25) is 0 Å². The molecule has 2 fully saturated rings. The summed E-state index contributed by atoms with van der Waals surface area (Å²) >= 11 is 0. The molecule has 0 bridgehead atoms. The molecule has 3 atom stereocenters. The lowest BCUT2D eigenvalue weighted by atomic mass is 9.71. The zero-order chi connectivity index (χ0) is 10.8. The van der Waals surface area contributed by atoms with Gasteiger partial charge in [-0.15, -0.1) is 0 Å². The van der Waals surface area contributed by atoms with Gasteiger partial charge in [-0.1, -0.05) is 36.8 Å². The van der Waals surface area contributed by atoms with E-state index in [1.54, 1.807) is 5.56 Å². The van der Waals surface area contributed by atoms with Gasteiger partial charge in [0.2, 0.25) is 0 Å². The van der Waals surface area contributed by atoms with Crippen LogP contribution in [0.3, 0.4) is 0 Å². The van der Waals surface area contributed by atoms with Crippen LogP contribution in [0.4, 0.5) is 0 Å². The maximum absolute atomic E-state index is 3.77. The second kappa shape index (κ2) is 4.58. The van der Waals surface area contributed by atoms with E-state index in [1.807, 2.05) is 0 Å². The molecule has 0 spiro atoms. The molecule has 0 aromatic heterocycles. The summed E-state index contributed by atoms with van der Waals surface area (Å²) in [4.78, 5) is 0. The summed E-state index contributed by atoms with van der Waals surface area (Å²) in [5, 5.41) is 3.77. The molecule has 0 unspecified atom stereocenters. The second-order valence-corrected chi connectivity index (χ2v) is 5.33. The van der Waals surface area contributed by atoms with Gasteiger partial charge in [0.05, 0.1) is 0 Å². The lowest BCUT2D eigenvalue weighted by Gasteiger charge is -2.42. The number of rotatable bonds is 1. The van der Waals surface area contributed by atoms with Gasteiger partial charge in [-0.25, -0.2) is 0 Å². The number of piperidine rings is 1. The smallest absolute Gasteiger partial charge is 0.0164 e. The molecule has 0 amide bonds. The van der Waals surface area contributed by atoms with E-state index in [0.717, 1.165) is 17.9 Å². The van der Waals surface area contributed by atoms with Crippen molar-refractivity contribution in [2.75, 3.05) is 6.54 Å².